The lowest BCUT2D eigenvalue weighted by atomic mass is 10.1. The van der Waals surface area contributed by atoms with E-state index < -0.39 is 24.3 Å². The predicted molar refractivity (Wildman–Crippen MR) is 69.0 cm³/mol. The monoisotopic (exact) mass is 278 g/mol. The van der Waals surface area contributed by atoms with Crippen LogP contribution in [-0.2, 0) is 14.4 Å². The molecule has 0 saturated heterocycles. The van der Waals surface area contributed by atoms with Crippen LogP contribution >= 0.6 is 0 Å². The molecule has 0 atom stereocenters. The molecule has 20 heavy (non-hydrogen) atoms. The Morgan fingerprint density at radius 1 is 0.900 bits per heavy atom. The molecule has 7 nitrogen and oxygen atoms in total. The molecule has 0 aliphatic rings. The number of hydrogen-bond donors (Lipinski definition) is 3. The normalized spacial score (nSPS) is 9.60. The summed E-state index contributed by atoms with van der Waals surface area (Å²) in [6.07, 6.45) is -0.365. The van der Waals surface area contributed by atoms with Crippen molar-refractivity contribution in [2.75, 3.05) is 13.1 Å². The summed E-state index contributed by atoms with van der Waals surface area (Å²) >= 11 is 0. The molecule has 0 aromatic heterocycles. The summed E-state index contributed by atoms with van der Waals surface area (Å²) < 4.78 is 0. The third-order valence-corrected chi connectivity index (χ3v) is 2.30. The Bertz CT molecular complexity index is 513. The average Bonchev–Trinajstić information content (AvgIpc) is 2.43. The number of carbonyl (C=O) groups is 4. The molecular formula is C13H14N2O5. The number of nitrogens with one attached hydrogen (secondary N) is 2. The minimum Gasteiger partial charge on any atom is -0.480 e. The standard InChI is InChI=1S/C13H14N2O5/c16-10(9-4-2-1-3-5-9)6-11(17)14-7-12(18)15-8-13(19)20/h1-5H,6-8H2,(H,14,17)(H,15,18)(H,19,20). The van der Waals surface area contributed by atoms with Gasteiger partial charge in [0.15, 0.2) is 5.78 Å². The van der Waals surface area contributed by atoms with Gasteiger partial charge in [0.05, 0.1) is 13.0 Å². The van der Waals surface area contributed by atoms with Crippen molar-refractivity contribution in [3.63, 3.8) is 0 Å². The summed E-state index contributed by atoms with van der Waals surface area (Å²) in [5.74, 6) is -2.75. The van der Waals surface area contributed by atoms with Crippen LogP contribution in [0.1, 0.15) is 16.8 Å². The molecule has 2 amide bonds. The van der Waals surface area contributed by atoms with Gasteiger partial charge in [0, 0.05) is 5.56 Å². The molecule has 106 valence electrons. The van der Waals surface area contributed by atoms with Crippen molar-refractivity contribution in [1.29, 1.82) is 0 Å². The number of ketones is 1. The Morgan fingerprint density at radius 2 is 1.50 bits per heavy atom. The number of amides is 2. The highest BCUT2D eigenvalue weighted by Crippen LogP contribution is 2.02. The fourth-order valence-electron chi connectivity index (χ4n) is 1.35. The van der Waals surface area contributed by atoms with Crippen molar-refractivity contribution in [3.05, 3.63) is 35.9 Å². The number of carboxylic acid groups (broad SMARTS) is 1. The highest BCUT2D eigenvalue weighted by molar-refractivity contribution is 6.07. The summed E-state index contributed by atoms with van der Waals surface area (Å²) in [4.78, 5) is 44.4. The Kier molecular flexibility index (Phi) is 5.89. The molecule has 0 fully saturated rings. The minimum atomic E-state index is -1.18. The molecule has 0 radical (unpaired) electrons. The lowest BCUT2D eigenvalue weighted by molar-refractivity contribution is -0.137. The maximum atomic E-state index is 11.7. The van der Waals surface area contributed by atoms with Gasteiger partial charge in [-0.3, -0.25) is 19.2 Å². The van der Waals surface area contributed by atoms with E-state index in [0.717, 1.165) is 0 Å². The molecule has 0 saturated carbocycles. The van der Waals surface area contributed by atoms with Crippen molar-refractivity contribution < 1.29 is 24.3 Å². The summed E-state index contributed by atoms with van der Waals surface area (Å²) in [6, 6.07) is 8.31. The lowest BCUT2D eigenvalue weighted by Crippen LogP contribution is -2.39. The Morgan fingerprint density at radius 3 is 2.10 bits per heavy atom. The van der Waals surface area contributed by atoms with E-state index in [1.165, 1.54) is 0 Å². The van der Waals surface area contributed by atoms with E-state index in [0.29, 0.717) is 5.56 Å². The van der Waals surface area contributed by atoms with E-state index in [1.54, 1.807) is 30.3 Å². The van der Waals surface area contributed by atoms with Crippen LogP contribution in [0.2, 0.25) is 0 Å². The molecule has 0 spiro atoms. The molecule has 0 unspecified atom stereocenters. The smallest absolute Gasteiger partial charge is 0.322 e. The summed E-state index contributed by atoms with van der Waals surface area (Å²) in [5, 5.41) is 12.7. The van der Waals surface area contributed by atoms with Crippen LogP contribution in [0.3, 0.4) is 0 Å². The second-order valence-corrected chi connectivity index (χ2v) is 3.91. The first-order valence-electron chi connectivity index (χ1n) is 5.82. The molecule has 1 aromatic rings. The fourth-order valence-corrected chi connectivity index (χ4v) is 1.35. The molecular weight excluding hydrogens is 264 g/mol. The Hall–Kier alpha value is -2.70. The number of hydrogen-bond acceptors (Lipinski definition) is 4. The van der Waals surface area contributed by atoms with E-state index in [-0.39, 0.29) is 18.7 Å². The minimum absolute atomic E-state index is 0.353. The molecule has 0 aliphatic carbocycles. The number of carboxylic acids is 1. The van der Waals surface area contributed by atoms with Gasteiger partial charge in [-0.2, -0.15) is 0 Å². The van der Waals surface area contributed by atoms with Gasteiger partial charge >= 0.3 is 5.97 Å². The van der Waals surface area contributed by atoms with Crippen molar-refractivity contribution in [2.45, 2.75) is 6.42 Å². The number of carbonyl (C=O) groups excluding carboxylic acids is 3. The highest BCUT2D eigenvalue weighted by Gasteiger charge is 2.12. The van der Waals surface area contributed by atoms with Crippen LogP contribution in [0, 0.1) is 0 Å². The summed E-state index contributed by atoms with van der Waals surface area (Å²) in [6.45, 7) is -0.883. The molecule has 1 aromatic carbocycles. The van der Waals surface area contributed by atoms with Crippen molar-refractivity contribution in [1.82, 2.24) is 10.6 Å². The van der Waals surface area contributed by atoms with E-state index in [2.05, 4.69) is 10.6 Å². The summed E-state index contributed by atoms with van der Waals surface area (Å²) in [7, 11) is 0. The van der Waals surface area contributed by atoms with Gasteiger partial charge in [0.25, 0.3) is 0 Å². The maximum Gasteiger partial charge on any atom is 0.322 e. The fraction of sp³-hybridized carbons (Fsp3) is 0.231. The topological polar surface area (TPSA) is 113 Å². The first kappa shape index (κ1) is 15.4. The van der Waals surface area contributed by atoms with Crippen LogP contribution in [0.25, 0.3) is 0 Å². The predicted octanol–water partition coefficient (Wildman–Crippen LogP) is -0.424. The first-order chi connectivity index (χ1) is 9.49. The van der Waals surface area contributed by atoms with E-state index in [1.807, 2.05) is 0 Å². The SMILES string of the molecule is O=C(O)CNC(=O)CNC(=O)CC(=O)c1ccccc1. The summed E-state index contributed by atoms with van der Waals surface area (Å²) in [5.41, 5.74) is 0.415. The van der Waals surface area contributed by atoms with Gasteiger partial charge < -0.3 is 15.7 Å². The van der Waals surface area contributed by atoms with Crippen LogP contribution in [0.5, 0.6) is 0 Å². The van der Waals surface area contributed by atoms with E-state index in [4.69, 9.17) is 5.11 Å². The van der Waals surface area contributed by atoms with E-state index in [9.17, 15) is 19.2 Å². The third kappa shape index (κ3) is 5.76. The molecule has 7 heteroatoms. The van der Waals surface area contributed by atoms with Gasteiger partial charge in [0.1, 0.15) is 6.54 Å². The Labute approximate surface area is 115 Å². The number of Topliss-reactive ketones (excluding diaryl/α,β-unsaturated/α-hetero) is 1. The van der Waals surface area contributed by atoms with Gasteiger partial charge in [0.2, 0.25) is 11.8 Å². The number of benzene rings is 1. The second kappa shape index (κ2) is 7.67. The zero-order valence-electron chi connectivity index (χ0n) is 10.6. The molecule has 0 heterocycles. The quantitative estimate of drug-likeness (QED) is 0.463. The maximum absolute atomic E-state index is 11.7. The molecule has 3 N–H and O–H groups in total. The van der Waals surface area contributed by atoms with Crippen LogP contribution in [-0.4, -0.2) is 41.8 Å². The number of rotatable bonds is 7. The largest absolute Gasteiger partial charge is 0.480 e. The van der Waals surface area contributed by atoms with Crippen LogP contribution < -0.4 is 10.6 Å². The van der Waals surface area contributed by atoms with Gasteiger partial charge in [-0.05, 0) is 0 Å². The highest BCUT2D eigenvalue weighted by atomic mass is 16.4. The zero-order chi connectivity index (χ0) is 15.0. The van der Waals surface area contributed by atoms with Gasteiger partial charge in [-0.15, -0.1) is 0 Å². The molecule has 0 bridgehead atoms. The number of aliphatic carboxylic acids is 1. The zero-order valence-corrected chi connectivity index (χ0v) is 10.6. The second-order valence-electron chi connectivity index (χ2n) is 3.91. The van der Waals surface area contributed by atoms with Gasteiger partial charge in [-0.25, -0.2) is 0 Å². The van der Waals surface area contributed by atoms with Crippen molar-refractivity contribution in [2.24, 2.45) is 0 Å². The molecule has 1 rings (SSSR count). The average molecular weight is 278 g/mol. The van der Waals surface area contributed by atoms with Crippen molar-refractivity contribution >= 4 is 23.6 Å². The van der Waals surface area contributed by atoms with Crippen molar-refractivity contribution in [3.8, 4) is 0 Å². The third-order valence-electron chi connectivity index (χ3n) is 2.30. The van der Waals surface area contributed by atoms with E-state index >= 15 is 0 Å². The van der Waals surface area contributed by atoms with Crippen LogP contribution in [0.4, 0.5) is 0 Å². The van der Waals surface area contributed by atoms with Crippen LogP contribution in [0.15, 0.2) is 30.3 Å². The molecule has 0 aliphatic heterocycles. The Balaban J connectivity index is 2.32. The van der Waals surface area contributed by atoms with Gasteiger partial charge in [-0.1, -0.05) is 30.3 Å². The lowest BCUT2D eigenvalue weighted by Gasteiger charge is -2.05. The first-order valence-corrected chi connectivity index (χ1v) is 5.82.